The zero-order valence-corrected chi connectivity index (χ0v) is 9.32. The molecule has 0 heterocycles. The molecular formula is C15H18. The summed E-state index contributed by atoms with van der Waals surface area (Å²) in [6.07, 6.45) is 12.6. The van der Waals surface area contributed by atoms with Crippen molar-refractivity contribution in [1.29, 1.82) is 0 Å². The molecule has 0 saturated carbocycles. The molecule has 2 rings (SSSR count). The molecular weight excluding hydrogens is 180 g/mol. The summed E-state index contributed by atoms with van der Waals surface area (Å²) in [5.41, 5.74) is 1.71. The van der Waals surface area contributed by atoms with Crippen molar-refractivity contribution in [3.8, 4) is 0 Å². The molecule has 1 aromatic carbocycles. The van der Waals surface area contributed by atoms with Crippen molar-refractivity contribution >= 4 is 0 Å². The topological polar surface area (TPSA) is 0 Å². The second kappa shape index (κ2) is 4.48. The van der Waals surface area contributed by atoms with E-state index in [4.69, 9.17) is 0 Å². The Morgan fingerprint density at radius 2 is 1.93 bits per heavy atom. The zero-order valence-electron chi connectivity index (χ0n) is 9.32. The predicted octanol–water partition coefficient (Wildman–Crippen LogP) is 4.24. The van der Waals surface area contributed by atoms with Gasteiger partial charge in [0.15, 0.2) is 0 Å². The van der Waals surface area contributed by atoms with Crippen LogP contribution in [0.3, 0.4) is 0 Å². The maximum atomic E-state index is 2.37. The molecule has 0 spiro atoms. The van der Waals surface area contributed by atoms with Crippen LogP contribution in [-0.4, -0.2) is 0 Å². The van der Waals surface area contributed by atoms with E-state index in [1.165, 1.54) is 18.4 Å². The number of rotatable bonds is 3. The van der Waals surface area contributed by atoms with Crippen LogP contribution in [0.2, 0.25) is 0 Å². The largest absolute Gasteiger partial charge is 0.0833 e. The van der Waals surface area contributed by atoms with E-state index in [9.17, 15) is 0 Å². The van der Waals surface area contributed by atoms with Crippen molar-refractivity contribution in [1.82, 2.24) is 0 Å². The van der Waals surface area contributed by atoms with Gasteiger partial charge in [-0.25, -0.2) is 0 Å². The fourth-order valence-corrected chi connectivity index (χ4v) is 2.42. The third kappa shape index (κ3) is 2.04. The van der Waals surface area contributed by atoms with Crippen LogP contribution in [0.5, 0.6) is 0 Å². The molecule has 0 N–H and O–H groups in total. The Hall–Kier alpha value is -1.30. The first-order valence-corrected chi connectivity index (χ1v) is 5.77. The Morgan fingerprint density at radius 3 is 2.53 bits per heavy atom. The van der Waals surface area contributed by atoms with E-state index in [-0.39, 0.29) is 5.41 Å². The standard InChI is InChI=1S/C15H18/c1-2-11-15(12-7-4-8-13-15)14-9-5-3-6-10-14/h3-10,12H,2,11,13H2,1H3. The molecule has 1 aliphatic rings. The quantitative estimate of drug-likeness (QED) is 0.681. The summed E-state index contributed by atoms with van der Waals surface area (Å²) in [6, 6.07) is 10.9. The number of hydrogen-bond acceptors (Lipinski definition) is 0. The second-order valence-corrected chi connectivity index (χ2v) is 4.26. The van der Waals surface area contributed by atoms with Crippen molar-refractivity contribution in [3.63, 3.8) is 0 Å². The molecule has 0 aliphatic heterocycles. The van der Waals surface area contributed by atoms with Gasteiger partial charge in [-0.05, 0) is 18.4 Å². The van der Waals surface area contributed by atoms with E-state index in [1.807, 2.05) is 0 Å². The average Bonchev–Trinajstić information content (AvgIpc) is 2.32. The number of benzene rings is 1. The molecule has 0 saturated heterocycles. The zero-order chi connectivity index (χ0) is 10.6. The van der Waals surface area contributed by atoms with Gasteiger partial charge in [0, 0.05) is 5.41 Å². The van der Waals surface area contributed by atoms with Gasteiger partial charge in [-0.2, -0.15) is 0 Å². The maximum Gasteiger partial charge on any atom is 0.0169 e. The van der Waals surface area contributed by atoms with E-state index in [0.29, 0.717) is 0 Å². The summed E-state index contributed by atoms with van der Waals surface area (Å²) in [5, 5.41) is 0. The highest BCUT2D eigenvalue weighted by Gasteiger charge is 2.27. The molecule has 0 fully saturated rings. The second-order valence-electron chi connectivity index (χ2n) is 4.26. The smallest absolute Gasteiger partial charge is 0.0169 e. The number of hydrogen-bond donors (Lipinski definition) is 0. The summed E-state index contributed by atoms with van der Waals surface area (Å²) < 4.78 is 0. The van der Waals surface area contributed by atoms with Gasteiger partial charge in [0.25, 0.3) is 0 Å². The molecule has 0 radical (unpaired) electrons. The molecule has 0 nitrogen and oxygen atoms in total. The Bertz CT molecular complexity index is 359. The lowest BCUT2D eigenvalue weighted by Gasteiger charge is -2.31. The van der Waals surface area contributed by atoms with Crippen LogP contribution >= 0.6 is 0 Å². The SMILES string of the molecule is CCCC1(c2ccccc2)C=CC=CC1. The van der Waals surface area contributed by atoms with Gasteiger partial charge in [0.2, 0.25) is 0 Å². The van der Waals surface area contributed by atoms with E-state index in [0.717, 1.165) is 6.42 Å². The summed E-state index contributed by atoms with van der Waals surface area (Å²) in [5.74, 6) is 0. The molecule has 78 valence electrons. The van der Waals surface area contributed by atoms with Gasteiger partial charge in [-0.1, -0.05) is 68.0 Å². The molecule has 15 heavy (non-hydrogen) atoms. The lowest BCUT2D eigenvalue weighted by molar-refractivity contribution is 0.485. The van der Waals surface area contributed by atoms with Crippen molar-refractivity contribution < 1.29 is 0 Å². The highest BCUT2D eigenvalue weighted by atomic mass is 14.3. The van der Waals surface area contributed by atoms with Crippen molar-refractivity contribution in [3.05, 3.63) is 60.2 Å². The van der Waals surface area contributed by atoms with Crippen LogP contribution in [0.1, 0.15) is 31.7 Å². The summed E-state index contributed by atoms with van der Waals surface area (Å²) in [4.78, 5) is 0. The Morgan fingerprint density at radius 1 is 1.13 bits per heavy atom. The number of allylic oxidation sites excluding steroid dienone is 4. The average molecular weight is 198 g/mol. The molecule has 1 atom stereocenters. The molecule has 0 heteroatoms. The predicted molar refractivity (Wildman–Crippen MR) is 65.9 cm³/mol. The Kier molecular flexibility index (Phi) is 3.05. The summed E-state index contributed by atoms with van der Waals surface area (Å²) >= 11 is 0. The van der Waals surface area contributed by atoms with Crippen LogP contribution < -0.4 is 0 Å². The van der Waals surface area contributed by atoms with Crippen LogP contribution in [0.25, 0.3) is 0 Å². The lowest BCUT2D eigenvalue weighted by Crippen LogP contribution is -2.23. The first-order chi connectivity index (χ1) is 7.37. The van der Waals surface area contributed by atoms with E-state index in [2.05, 4.69) is 61.6 Å². The minimum atomic E-state index is 0.255. The van der Waals surface area contributed by atoms with E-state index < -0.39 is 0 Å². The van der Waals surface area contributed by atoms with Crippen LogP contribution in [0.4, 0.5) is 0 Å². The first kappa shape index (κ1) is 10.2. The van der Waals surface area contributed by atoms with Crippen molar-refractivity contribution in [2.75, 3.05) is 0 Å². The Balaban J connectivity index is 2.35. The molecule has 1 aliphatic carbocycles. The monoisotopic (exact) mass is 198 g/mol. The normalized spacial score (nSPS) is 24.3. The van der Waals surface area contributed by atoms with Gasteiger partial charge < -0.3 is 0 Å². The fraction of sp³-hybridized carbons (Fsp3) is 0.333. The van der Waals surface area contributed by atoms with Gasteiger partial charge in [0.05, 0.1) is 0 Å². The molecule has 0 aromatic heterocycles. The third-order valence-electron chi connectivity index (χ3n) is 3.19. The van der Waals surface area contributed by atoms with Gasteiger partial charge in [-0.15, -0.1) is 0 Å². The first-order valence-electron chi connectivity index (χ1n) is 5.77. The molecule has 1 unspecified atom stereocenters. The fourth-order valence-electron chi connectivity index (χ4n) is 2.42. The minimum Gasteiger partial charge on any atom is -0.0833 e. The summed E-state index contributed by atoms with van der Waals surface area (Å²) in [7, 11) is 0. The van der Waals surface area contributed by atoms with E-state index >= 15 is 0 Å². The van der Waals surface area contributed by atoms with Crippen LogP contribution in [-0.2, 0) is 5.41 Å². The van der Waals surface area contributed by atoms with Crippen LogP contribution in [0.15, 0.2) is 54.6 Å². The lowest BCUT2D eigenvalue weighted by atomic mass is 9.72. The Labute approximate surface area is 92.3 Å². The van der Waals surface area contributed by atoms with E-state index in [1.54, 1.807) is 0 Å². The van der Waals surface area contributed by atoms with Gasteiger partial charge >= 0.3 is 0 Å². The highest BCUT2D eigenvalue weighted by Crippen LogP contribution is 2.36. The highest BCUT2D eigenvalue weighted by molar-refractivity contribution is 5.35. The van der Waals surface area contributed by atoms with Gasteiger partial charge in [0.1, 0.15) is 0 Å². The summed E-state index contributed by atoms with van der Waals surface area (Å²) in [6.45, 7) is 2.26. The van der Waals surface area contributed by atoms with Crippen molar-refractivity contribution in [2.45, 2.75) is 31.6 Å². The molecule has 1 aromatic rings. The molecule has 0 bridgehead atoms. The minimum absolute atomic E-state index is 0.255. The third-order valence-corrected chi connectivity index (χ3v) is 3.19. The van der Waals surface area contributed by atoms with Crippen LogP contribution in [0, 0.1) is 0 Å². The van der Waals surface area contributed by atoms with Crippen molar-refractivity contribution in [2.24, 2.45) is 0 Å². The maximum absolute atomic E-state index is 2.37. The van der Waals surface area contributed by atoms with Gasteiger partial charge in [-0.3, -0.25) is 0 Å². The molecule has 0 amide bonds.